The average molecular weight is 195 g/mol. The van der Waals surface area contributed by atoms with E-state index in [4.69, 9.17) is 10.2 Å². The zero-order valence-electron chi connectivity index (χ0n) is 7.25. The summed E-state index contributed by atoms with van der Waals surface area (Å²) < 4.78 is 0. The number of aliphatic hydroxyl groups is 1. The number of carbonyl (C=O) groups excluding carboxylic acids is 1. The third-order valence-electron chi connectivity index (χ3n) is 2.64. The van der Waals surface area contributed by atoms with Crippen molar-refractivity contribution in [2.75, 3.05) is 0 Å². The molecule has 2 unspecified atom stereocenters. The number of aliphatic hydroxyl groups excluding tert-OH is 1. The summed E-state index contributed by atoms with van der Waals surface area (Å²) in [7, 11) is 0. The fraction of sp³-hybridized carbons (Fsp3) is 0.333. The van der Waals surface area contributed by atoms with Crippen LogP contribution in [-0.2, 0) is 4.79 Å². The van der Waals surface area contributed by atoms with Crippen LogP contribution in [0.1, 0.15) is 6.42 Å². The van der Waals surface area contributed by atoms with E-state index in [2.05, 4.69) is 0 Å². The SMILES string of the molecule is O=C(O)N1C(=O)/C(=C/O)C2CC=CC21. The Kier molecular flexibility index (Phi) is 1.80. The van der Waals surface area contributed by atoms with E-state index >= 15 is 0 Å². The van der Waals surface area contributed by atoms with Gasteiger partial charge in [0.25, 0.3) is 5.91 Å². The van der Waals surface area contributed by atoms with Crippen LogP contribution in [0.5, 0.6) is 0 Å². The third-order valence-corrected chi connectivity index (χ3v) is 2.64. The van der Waals surface area contributed by atoms with Crippen molar-refractivity contribution < 1.29 is 19.8 Å². The summed E-state index contributed by atoms with van der Waals surface area (Å²) >= 11 is 0. The van der Waals surface area contributed by atoms with Gasteiger partial charge in [-0.15, -0.1) is 0 Å². The van der Waals surface area contributed by atoms with E-state index in [0.717, 1.165) is 11.2 Å². The molecule has 1 aliphatic carbocycles. The Morgan fingerprint density at radius 2 is 2.36 bits per heavy atom. The topological polar surface area (TPSA) is 77.8 Å². The molecule has 5 nitrogen and oxygen atoms in total. The minimum atomic E-state index is -1.27. The minimum Gasteiger partial charge on any atom is -0.515 e. The highest BCUT2D eigenvalue weighted by Crippen LogP contribution is 2.37. The summed E-state index contributed by atoms with van der Waals surface area (Å²) in [5.74, 6) is -0.817. The first kappa shape index (κ1) is 8.80. The van der Waals surface area contributed by atoms with Crippen LogP contribution < -0.4 is 0 Å². The molecule has 0 bridgehead atoms. The number of rotatable bonds is 0. The fourth-order valence-electron chi connectivity index (χ4n) is 2.01. The second kappa shape index (κ2) is 2.87. The number of nitrogens with zero attached hydrogens (tertiary/aromatic N) is 1. The van der Waals surface area contributed by atoms with Crippen molar-refractivity contribution in [2.24, 2.45) is 5.92 Å². The number of hydrogen-bond donors (Lipinski definition) is 2. The fourth-order valence-corrected chi connectivity index (χ4v) is 2.01. The second-order valence-corrected chi connectivity index (χ2v) is 3.30. The van der Waals surface area contributed by atoms with Crippen LogP contribution in [0.3, 0.4) is 0 Å². The number of likely N-dealkylation sites (tertiary alicyclic amines) is 1. The first-order valence-electron chi connectivity index (χ1n) is 4.24. The molecule has 0 saturated carbocycles. The highest BCUT2D eigenvalue weighted by atomic mass is 16.4. The molecular formula is C9H9NO4. The maximum atomic E-state index is 11.5. The lowest BCUT2D eigenvalue weighted by molar-refractivity contribution is -0.123. The van der Waals surface area contributed by atoms with Crippen LogP contribution in [0.4, 0.5) is 4.79 Å². The van der Waals surface area contributed by atoms with Crippen LogP contribution in [0.15, 0.2) is 24.0 Å². The molecule has 74 valence electrons. The van der Waals surface area contributed by atoms with E-state index in [1.165, 1.54) is 0 Å². The lowest BCUT2D eigenvalue weighted by Crippen LogP contribution is -2.37. The summed E-state index contributed by atoms with van der Waals surface area (Å²) in [6, 6.07) is -0.432. The number of hydrogen-bond acceptors (Lipinski definition) is 3. The van der Waals surface area contributed by atoms with Gasteiger partial charge in [0, 0.05) is 5.92 Å². The molecule has 1 aliphatic heterocycles. The van der Waals surface area contributed by atoms with Crippen LogP contribution in [0.2, 0.25) is 0 Å². The van der Waals surface area contributed by atoms with Gasteiger partial charge in [-0.25, -0.2) is 9.69 Å². The van der Waals surface area contributed by atoms with Crippen molar-refractivity contribution in [1.29, 1.82) is 0 Å². The molecular weight excluding hydrogens is 186 g/mol. The molecule has 2 atom stereocenters. The monoisotopic (exact) mass is 195 g/mol. The quantitative estimate of drug-likeness (QED) is 0.342. The molecule has 5 heteroatoms. The molecule has 0 aromatic rings. The molecule has 14 heavy (non-hydrogen) atoms. The van der Waals surface area contributed by atoms with Gasteiger partial charge >= 0.3 is 6.09 Å². The van der Waals surface area contributed by atoms with Crippen molar-refractivity contribution in [3.05, 3.63) is 24.0 Å². The maximum absolute atomic E-state index is 11.5. The van der Waals surface area contributed by atoms with Gasteiger partial charge in [0.15, 0.2) is 0 Å². The summed E-state index contributed by atoms with van der Waals surface area (Å²) in [5.41, 5.74) is 0.183. The molecule has 2 N–H and O–H groups in total. The van der Waals surface area contributed by atoms with Gasteiger partial charge in [0.05, 0.1) is 17.9 Å². The van der Waals surface area contributed by atoms with Crippen molar-refractivity contribution >= 4 is 12.0 Å². The first-order chi connectivity index (χ1) is 6.66. The summed E-state index contributed by atoms with van der Waals surface area (Å²) in [5, 5.41) is 17.7. The average Bonchev–Trinajstić information content (AvgIpc) is 2.62. The Morgan fingerprint density at radius 1 is 1.64 bits per heavy atom. The Hall–Kier alpha value is -1.78. The highest BCUT2D eigenvalue weighted by molar-refractivity contribution is 6.05. The second-order valence-electron chi connectivity index (χ2n) is 3.30. The van der Waals surface area contributed by atoms with E-state index in [0.29, 0.717) is 6.42 Å². The van der Waals surface area contributed by atoms with Crippen LogP contribution in [-0.4, -0.2) is 33.2 Å². The van der Waals surface area contributed by atoms with Gasteiger partial charge in [-0.2, -0.15) is 0 Å². The summed E-state index contributed by atoms with van der Waals surface area (Å²) in [6.07, 6.45) is 3.56. The third kappa shape index (κ3) is 0.951. The number of amides is 2. The van der Waals surface area contributed by atoms with Gasteiger partial charge in [-0.3, -0.25) is 4.79 Å². The molecule has 2 aliphatic rings. The summed E-state index contributed by atoms with van der Waals surface area (Å²) in [6.45, 7) is 0. The lowest BCUT2D eigenvalue weighted by Gasteiger charge is -2.15. The molecule has 0 spiro atoms. The van der Waals surface area contributed by atoms with Crippen molar-refractivity contribution in [1.82, 2.24) is 4.90 Å². The lowest BCUT2D eigenvalue weighted by atomic mass is 9.99. The van der Waals surface area contributed by atoms with E-state index < -0.39 is 18.0 Å². The number of imide groups is 1. The molecule has 1 heterocycles. The van der Waals surface area contributed by atoms with Gasteiger partial charge < -0.3 is 10.2 Å². The zero-order valence-corrected chi connectivity index (χ0v) is 7.25. The van der Waals surface area contributed by atoms with Crippen LogP contribution >= 0.6 is 0 Å². The van der Waals surface area contributed by atoms with E-state index in [-0.39, 0.29) is 11.5 Å². The first-order valence-corrected chi connectivity index (χ1v) is 4.24. The number of fused-ring (bicyclic) bond motifs is 1. The van der Waals surface area contributed by atoms with Crippen molar-refractivity contribution in [3.8, 4) is 0 Å². The van der Waals surface area contributed by atoms with Gasteiger partial charge in [-0.05, 0) is 6.42 Å². The van der Waals surface area contributed by atoms with Crippen molar-refractivity contribution in [3.63, 3.8) is 0 Å². The van der Waals surface area contributed by atoms with Crippen LogP contribution in [0, 0.1) is 5.92 Å². The Labute approximate surface area is 79.9 Å². The molecule has 1 saturated heterocycles. The number of carboxylic acid groups (broad SMARTS) is 1. The number of carbonyl (C=O) groups is 2. The molecule has 0 aromatic heterocycles. The van der Waals surface area contributed by atoms with E-state index in [1.807, 2.05) is 6.08 Å². The zero-order chi connectivity index (χ0) is 10.3. The predicted molar refractivity (Wildman–Crippen MR) is 46.6 cm³/mol. The van der Waals surface area contributed by atoms with Gasteiger partial charge in [0.2, 0.25) is 0 Å². The maximum Gasteiger partial charge on any atom is 0.414 e. The Balaban J connectivity index is 2.41. The Morgan fingerprint density at radius 3 is 2.93 bits per heavy atom. The molecule has 1 fully saturated rings. The normalized spacial score (nSPS) is 32.7. The minimum absolute atomic E-state index is 0.183. The Bertz CT molecular complexity index is 358. The standard InChI is InChI=1S/C9H9NO4/c11-4-6-5-2-1-3-7(5)10(8(6)12)9(13)14/h1,3-5,7,11H,2H2,(H,13,14)/b6-4+. The van der Waals surface area contributed by atoms with E-state index in [1.54, 1.807) is 6.08 Å². The highest BCUT2D eigenvalue weighted by Gasteiger charge is 2.47. The molecule has 0 radical (unpaired) electrons. The predicted octanol–water partition coefficient (Wildman–Crippen LogP) is 0.893. The summed E-state index contributed by atoms with van der Waals surface area (Å²) in [4.78, 5) is 23.0. The molecule has 2 amide bonds. The smallest absolute Gasteiger partial charge is 0.414 e. The largest absolute Gasteiger partial charge is 0.515 e. The van der Waals surface area contributed by atoms with Gasteiger partial charge in [-0.1, -0.05) is 12.2 Å². The molecule has 2 rings (SSSR count). The molecule has 0 aromatic carbocycles. The van der Waals surface area contributed by atoms with E-state index in [9.17, 15) is 9.59 Å². The van der Waals surface area contributed by atoms with Gasteiger partial charge in [0.1, 0.15) is 0 Å². The van der Waals surface area contributed by atoms with Crippen LogP contribution in [0.25, 0.3) is 0 Å². The van der Waals surface area contributed by atoms with Crippen molar-refractivity contribution in [2.45, 2.75) is 12.5 Å². The number of allylic oxidation sites excluding steroid dienone is 1.